The minimum absolute atomic E-state index is 0.765. The zero-order valence-electron chi connectivity index (χ0n) is 13.0. The van der Waals surface area contributed by atoms with Gasteiger partial charge in [0.05, 0.1) is 20.8 Å². The SMILES string of the molecule is COc1ccc(C2=C(c3ccc(OC)cc3)OCCC2)cc1. The number of rotatable bonds is 4. The zero-order valence-corrected chi connectivity index (χ0v) is 13.0. The molecule has 3 nitrogen and oxygen atoms in total. The summed E-state index contributed by atoms with van der Waals surface area (Å²) in [5.74, 6) is 2.69. The maximum Gasteiger partial charge on any atom is 0.130 e. The van der Waals surface area contributed by atoms with Crippen LogP contribution in [-0.4, -0.2) is 20.8 Å². The Labute approximate surface area is 131 Å². The van der Waals surface area contributed by atoms with Crippen LogP contribution >= 0.6 is 0 Å². The summed E-state index contributed by atoms with van der Waals surface area (Å²) in [5, 5.41) is 0. The molecule has 0 unspecified atom stereocenters. The smallest absolute Gasteiger partial charge is 0.130 e. The number of ether oxygens (including phenoxy) is 3. The third kappa shape index (κ3) is 2.93. The summed E-state index contributed by atoms with van der Waals surface area (Å²) in [6, 6.07) is 16.2. The summed E-state index contributed by atoms with van der Waals surface area (Å²) in [5.41, 5.74) is 3.52. The molecular weight excluding hydrogens is 276 g/mol. The Morgan fingerprint density at radius 1 is 0.773 bits per heavy atom. The largest absolute Gasteiger partial charge is 0.497 e. The van der Waals surface area contributed by atoms with Crippen LogP contribution in [0.15, 0.2) is 48.5 Å². The maximum absolute atomic E-state index is 5.97. The van der Waals surface area contributed by atoms with Gasteiger partial charge in [0, 0.05) is 11.1 Å². The second-order valence-electron chi connectivity index (χ2n) is 5.22. The van der Waals surface area contributed by atoms with E-state index in [1.165, 1.54) is 11.1 Å². The van der Waals surface area contributed by atoms with Crippen LogP contribution in [-0.2, 0) is 4.74 Å². The van der Waals surface area contributed by atoms with Crippen LogP contribution in [0.2, 0.25) is 0 Å². The van der Waals surface area contributed by atoms with Crippen LogP contribution in [0.1, 0.15) is 24.0 Å². The third-order valence-electron chi connectivity index (χ3n) is 3.88. The molecule has 22 heavy (non-hydrogen) atoms. The van der Waals surface area contributed by atoms with Crippen LogP contribution in [0.3, 0.4) is 0 Å². The molecule has 0 spiro atoms. The van der Waals surface area contributed by atoms with E-state index in [1.807, 2.05) is 36.4 Å². The van der Waals surface area contributed by atoms with Gasteiger partial charge in [-0.1, -0.05) is 12.1 Å². The molecule has 1 heterocycles. The first kappa shape index (κ1) is 14.5. The Hall–Kier alpha value is -2.42. The molecule has 0 radical (unpaired) electrons. The van der Waals surface area contributed by atoms with Gasteiger partial charge in [0.15, 0.2) is 0 Å². The van der Waals surface area contributed by atoms with E-state index in [0.717, 1.165) is 42.3 Å². The lowest BCUT2D eigenvalue weighted by molar-refractivity contribution is 0.262. The Bertz CT molecular complexity index is 595. The second kappa shape index (κ2) is 6.56. The van der Waals surface area contributed by atoms with Crippen molar-refractivity contribution in [2.24, 2.45) is 0 Å². The fraction of sp³-hybridized carbons (Fsp3) is 0.263. The van der Waals surface area contributed by atoms with Crippen LogP contribution < -0.4 is 9.47 Å². The molecule has 2 aromatic rings. The molecule has 114 valence electrons. The van der Waals surface area contributed by atoms with Gasteiger partial charge in [-0.2, -0.15) is 0 Å². The molecule has 0 aliphatic carbocycles. The molecule has 1 aliphatic rings. The highest BCUT2D eigenvalue weighted by molar-refractivity contribution is 5.88. The highest BCUT2D eigenvalue weighted by Gasteiger charge is 2.17. The van der Waals surface area contributed by atoms with Gasteiger partial charge >= 0.3 is 0 Å². The summed E-state index contributed by atoms with van der Waals surface area (Å²) in [7, 11) is 3.36. The molecule has 0 amide bonds. The van der Waals surface area contributed by atoms with Crippen molar-refractivity contribution in [3.8, 4) is 11.5 Å². The van der Waals surface area contributed by atoms with E-state index in [2.05, 4.69) is 12.1 Å². The van der Waals surface area contributed by atoms with E-state index < -0.39 is 0 Å². The van der Waals surface area contributed by atoms with Crippen molar-refractivity contribution in [3.05, 3.63) is 59.7 Å². The van der Waals surface area contributed by atoms with Gasteiger partial charge in [-0.25, -0.2) is 0 Å². The molecule has 3 heteroatoms. The van der Waals surface area contributed by atoms with Crippen molar-refractivity contribution >= 4 is 11.3 Å². The number of hydrogen-bond donors (Lipinski definition) is 0. The second-order valence-corrected chi connectivity index (χ2v) is 5.22. The van der Waals surface area contributed by atoms with Gasteiger partial charge in [-0.05, 0) is 54.8 Å². The lowest BCUT2D eigenvalue weighted by Gasteiger charge is -2.22. The quantitative estimate of drug-likeness (QED) is 0.838. The average Bonchev–Trinajstić information content (AvgIpc) is 2.62. The Morgan fingerprint density at radius 3 is 1.86 bits per heavy atom. The number of methoxy groups -OCH3 is 2. The van der Waals surface area contributed by atoms with E-state index in [4.69, 9.17) is 14.2 Å². The number of allylic oxidation sites excluding steroid dienone is 1. The highest BCUT2D eigenvalue weighted by atomic mass is 16.5. The fourth-order valence-electron chi connectivity index (χ4n) is 2.69. The Kier molecular flexibility index (Phi) is 4.33. The molecule has 0 bridgehead atoms. The monoisotopic (exact) mass is 296 g/mol. The van der Waals surface area contributed by atoms with E-state index >= 15 is 0 Å². The summed E-state index contributed by atoms with van der Waals surface area (Å²) in [4.78, 5) is 0. The zero-order chi connectivity index (χ0) is 15.4. The summed E-state index contributed by atoms with van der Waals surface area (Å²) < 4.78 is 16.4. The van der Waals surface area contributed by atoms with Gasteiger partial charge in [0.2, 0.25) is 0 Å². The third-order valence-corrected chi connectivity index (χ3v) is 3.88. The van der Waals surface area contributed by atoms with Crippen molar-refractivity contribution in [2.75, 3.05) is 20.8 Å². The van der Waals surface area contributed by atoms with Crippen molar-refractivity contribution in [3.63, 3.8) is 0 Å². The Balaban J connectivity index is 2.00. The first-order valence-electron chi connectivity index (χ1n) is 7.46. The van der Waals surface area contributed by atoms with Crippen LogP contribution in [0.5, 0.6) is 11.5 Å². The summed E-state index contributed by atoms with van der Waals surface area (Å²) >= 11 is 0. The molecular formula is C19H20O3. The lowest BCUT2D eigenvalue weighted by atomic mass is 9.95. The Morgan fingerprint density at radius 2 is 1.32 bits per heavy atom. The summed E-state index contributed by atoms with van der Waals surface area (Å²) in [6.07, 6.45) is 2.06. The van der Waals surface area contributed by atoms with Crippen LogP contribution in [0.4, 0.5) is 0 Å². The lowest BCUT2D eigenvalue weighted by Crippen LogP contribution is -2.06. The molecule has 0 atom stereocenters. The minimum atomic E-state index is 0.765. The van der Waals surface area contributed by atoms with Crippen LogP contribution in [0, 0.1) is 0 Å². The predicted molar refractivity (Wildman–Crippen MR) is 88.0 cm³/mol. The first-order valence-corrected chi connectivity index (χ1v) is 7.46. The number of hydrogen-bond acceptors (Lipinski definition) is 3. The standard InChI is InChI=1S/C19H20O3/c1-20-16-9-5-14(6-10-16)18-4-3-13-22-19(18)15-7-11-17(21-2)12-8-15/h5-12H,3-4,13H2,1-2H3. The van der Waals surface area contributed by atoms with Crippen molar-refractivity contribution in [1.82, 2.24) is 0 Å². The van der Waals surface area contributed by atoms with Crippen molar-refractivity contribution < 1.29 is 14.2 Å². The molecule has 3 rings (SSSR count). The molecule has 2 aromatic carbocycles. The van der Waals surface area contributed by atoms with Gasteiger partial charge in [-0.3, -0.25) is 0 Å². The molecule has 0 saturated carbocycles. The molecule has 0 N–H and O–H groups in total. The van der Waals surface area contributed by atoms with E-state index in [0.29, 0.717) is 0 Å². The molecule has 0 fully saturated rings. The highest BCUT2D eigenvalue weighted by Crippen LogP contribution is 2.35. The summed E-state index contributed by atoms with van der Waals surface area (Å²) in [6.45, 7) is 0.765. The van der Waals surface area contributed by atoms with E-state index in [-0.39, 0.29) is 0 Å². The molecule has 0 saturated heterocycles. The van der Waals surface area contributed by atoms with E-state index in [9.17, 15) is 0 Å². The topological polar surface area (TPSA) is 27.7 Å². The van der Waals surface area contributed by atoms with Crippen molar-refractivity contribution in [1.29, 1.82) is 0 Å². The van der Waals surface area contributed by atoms with Gasteiger partial charge in [0.1, 0.15) is 17.3 Å². The van der Waals surface area contributed by atoms with Gasteiger partial charge in [-0.15, -0.1) is 0 Å². The average molecular weight is 296 g/mol. The number of benzene rings is 2. The van der Waals surface area contributed by atoms with Crippen molar-refractivity contribution in [2.45, 2.75) is 12.8 Å². The fourth-order valence-corrected chi connectivity index (χ4v) is 2.69. The molecule has 1 aliphatic heterocycles. The normalized spacial score (nSPS) is 14.5. The molecule has 0 aromatic heterocycles. The minimum Gasteiger partial charge on any atom is -0.497 e. The predicted octanol–water partition coefficient (Wildman–Crippen LogP) is 4.38. The van der Waals surface area contributed by atoms with Crippen LogP contribution in [0.25, 0.3) is 11.3 Å². The first-order chi connectivity index (χ1) is 10.8. The van der Waals surface area contributed by atoms with Gasteiger partial charge in [0.25, 0.3) is 0 Å². The van der Waals surface area contributed by atoms with Gasteiger partial charge < -0.3 is 14.2 Å². The van der Waals surface area contributed by atoms with E-state index in [1.54, 1.807) is 14.2 Å². The maximum atomic E-state index is 5.97.